The molecule has 6 nitrogen and oxygen atoms in total. The molecule has 2 saturated carbocycles. The fourth-order valence-corrected chi connectivity index (χ4v) is 5.52. The molecule has 2 aliphatic carbocycles. The molecule has 4 aliphatic rings. The molecule has 0 aromatic heterocycles. The van der Waals surface area contributed by atoms with Crippen molar-refractivity contribution in [2.24, 2.45) is 17.3 Å². The minimum absolute atomic E-state index is 0.0843. The molecular formula is C21H35N3O3. The predicted molar refractivity (Wildman–Crippen MR) is 104 cm³/mol. The lowest BCUT2D eigenvalue weighted by atomic mass is 9.54. The number of carbonyl (C=O) groups is 2. The van der Waals surface area contributed by atoms with Gasteiger partial charge in [0, 0.05) is 37.4 Å². The zero-order chi connectivity index (χ0) is 23.5. The second-order valence-corrected chi connectivity index (χ2v) is 8.95. The third-order valence-corrected chi connectivity index (χ3v) is 7.40. The molecule has 2 amide bonds. The van der Waals surface area contributed by atoms with Gasteiger partial charge >= 0.3 is 6.09 Å². The number of likely N-dealkylation sites (tertiary alicyclic amines) is 2. The summed E-state index contributed by atoms with van der Waals surface area (Å²) in [6, 6.07) is -0.273. The maximum Gasteiger partial charge on any atom is 0.407 e. The third-order valence-electron chi connectivity index (χ3n) is 7.40. The van der Waals surface area contributed by atoms with Gasteiger partial charge < -0.3 is 20.2 Å². The smallest absolute Gasteiger partial charge is 0.407 e. The number of hydrogen-bond donors (Lipinski definition) is 2. The second kappa shape index (κ2) is 6.94. The molecule has 4 rings (SSSR count). The van der Waals surface area contributed by atoms with E-state index in [1.54, 1.807) is 0 Å². The van der Waals surface area contributed by atoms with E-state index in [9.17, 15) is 14.7 Å². The topological polar surface area (TPSA) is 72.9 Å². The van der Waals surface area contributed by atoms with Crippen LogP contribution in [0.3, 0.4) is 0 Å². The highest BCUT2D eigenvalue weighted by atomic mass is 16.4. The molecule has 0 radical (unpaired) electrons. The van der Waals surface area contributed by atoms with Crippen LogP contribution >= 0.6 is 0 Å². The highest BCUT2D eigenvalue weighted by Gasteiger charge is 2.58. The molecule has 2 heterocycles. The number of carboxylic acid groups (broad SMARTS) is 1. The highest BCUT2D eigenvalue weighted by Crippen LogP contribution is 2.56. The average Bonchev–Trinajstić information content (AvgIpc) is 3.16. The van der Waals surface area contributed by atoms with Crippen molar-refractivity contribution in [2.75, 3.05) is 26.2 Å². The largest absolute Gasteiger partial charge is 0.465 e. The van der Waals surface area contributed by atoms with Crippen LogP contribution in [0.5, 0.6) is 0 Å². The van der Waals surface area contributed by atoms with E-state index in [1.165, 1.54) is 4.90 Å². The van der Waals surface area contributed by atoms with Crippen LogP contribution in [0.15, 0.2) is 0 Å². The standard InChI is InChI=1S/C21H35N3O3/c1-3-16-17(13-21(16)9-12-24(14-21)19(26)27)23-10-5-15(6-11-23)18(25)22-20(2)7-4-8-20/h15-17H,3-14H2,1-2H3,(H,22,25)(H,26,27)/t16?,17?,21-/m0/s1/i2D3,13D2. The summed E-state index contributed by atoms with van der Waals surface area (Å²) in [5, 5.41) is 12.2. The van der Waals surface area contributed by atoms with Crippen LogP contribution in [-0.2, 0) is 4.79 Å². The van der Waals surface area contributed by atoms with Crippen LogP contribution in [0.4, 0.5) is 4.79 Å². The van der Waals surface area contributed by atoms with Gasteiger partial charge in [-0.15, -0.1) is 0 Å². The van der Waals surface area contributed by atoms with Crippen molar-refractivity contribution >= 4 is 12.0 Å². The molecule has 4 fully saturated rings. The zero-order valence-corrected chi connectivity index (χ0v) is 16.2. The Balaban J connectivity index is 1.38. The van der Waals surface area contributed by atoms with E-state index in [2.05, 4.69) is 10.2 Å². The van der Waals surface area contributed by atoms with E-state index in [-0.39, 0.29) is 30.3 Å². The highest BCUT2D eigenvalue weighted by molar-refractivity contribution is 5.79. The monoisotopic (exact) mass is 382 g/mol. The number of nitrogens with one attached hydrogen (secondary N) is 1. The minimum Gasteiger partial charge on any atom is -0.465 e. The van der Waals surface area contributed by atoms with Crippen LogP contribution in [0, 0.1) is 17.3 Å². The van der Waals surface area contributed by atoms with Crippen LogP contribution < -0.4 is 5.32 Å². The van der Waals surface area contributed by atoms with Crippen molar-refractivity contribution in [3.8, 4) is 0 Å². The summed E-state index contributed by atoms with van der Waals surface area (Å²) in [4.78, 5) is 27.8. The van der Waals surface area contributed by atoms with Gasteiger partial charge in [-0.05, 0) is 76.2 Å². The summed E-state index contributed by atoms with van der Waals surface area (Å²) in [5.74, 6) is -0.352. The first-order valence-corrected chi connectivity index (χ1v) is 10.4. The van der Waals surface area contributed by atoms with Gasteiger partial charge in [0.25, 0.3) is 0 Å². The first-order chi connectivity index (χ1) is 14.9. The maximum atomic E-state index is 12.9. The summed E-state index contributed by atoms with van der Waals surface area (Å²) < 4.78 is 41.2. The van der Waals surface area contributed by atoms with Gasteiger partial charge in [0.2, 0.25) is 5.91 Å². The summed E-state index contributed by atoms with van der Waals surface area (Å²) in [6.07, 6.45) is 1.84. The lowest BCUT2D eigenvalue weighted by Gasteiger charge is -2.58. The number of amides is 2. The Morgan fingerprint density at radius 3 is 2.52 bits per heavy atom. The molecule has 0 aromatic rings. The third kappa shape index (κ3) is 3.34. The lowest BCUT2D eigenvalue weighted by molar-refractivity contribution is -0.131. The van der Waals surface area contributed by atoms with Gasteiger partial charge in [-0.2, -0.15) is 0 Å². The van der Waals surface area contributed by atoms with Crippen molar-refractivity contribution in [1.29, 1.82) is 0 Å². The van der Waals surface area contributed by atoms with E-state index in [0.717, 1.165) is 12.8 Å². The van der Waals surface area contributed by atoms with Gasteiger partial charge in [-0.1, -0.05) is 13.3 Å². The normalized spacial score (nSPS) is 41.4. The first-order valence-electron chi connectivity index (χ1n) is 12.9. The quantitative estimate of drug-likeness (QED) is 0.784. The summed E-state index contributed by atoms with van der Waals surface area (Å²) in [6.45, 7) is 1.67. The number of hydrogen-bond acceptors (Lipinski definition) is 3. The Bertz CT molecular complexity index is 764. The molecule has 2 saturated heterocycles. The molecule has 0 bridgehead atoms. The average molecular weight is 383 g/mol. The number of nitrogens with zero attached hydrogens (tertiary/aromatic N) is 2. The van der Waals surface area contributed by atoms with Gasteiger partial charge in [-0.3, -0.25) is 4.79 Å². The Kier molecular flexibility index (Phi) is 3.55. The van der Waals surface area contributed by atoms with Gasteiger partial charge in [-0.25, -0.2) is 4.79 Å². The molecule has 6 heteroatoms. The minimum atomic E-state index is -2.20. The second-order valence-electron chi connectivity index (χ2n) is 8.95. The van der Waals surface area contributed by atoms with Crippen LogP contribution in [0.25, 0.3) is 0 Å². The van der Waals surface area contributed by atoms with Crippen molar-refractivity contribution in [2.45, 2.75) is 76.7 Å². The Hall–Kier alpha value is -1.30. The predicted octanol–water partition coefficient (Wildman–Crippen LogP) is 2.93. The number of piperidine rings is 1. The maximum absolute atomic E-state index is 12.9. The molecule has 3 atom stereocenters. The Morgan fingerprint density at radius 1 is 1.26 bits per heavy atom. The van der Waals surface area contributed by atoms with Crippen LogP contribution in [0.2, 0.25) is 0 Å². The zero-order valence-electron chi connectivity index (χ0n) is 21.2. The van der Waals surface area contributed by atoms with Crippen molar-refractivity contribution in [1.82, 2.24) is 15.1 Å². The molecule has 27 heavy (non-hydrogen) atoms. The van der Waals surface area contributed by atoms with Crippen molar-refractivity contribution in [3.05, 3.63) is 0 Å². The van der Waals surface area contributed by atoms with E-state index < -0.39 is 30.3 Å². The Labute approximate surface area is 169 Å². The summed E-state index contributed by atoms with van der Waals surface area (Å²) in [5.41, 5.74) is -1.71. The molecular weight excluding hydrogens is 342 g/mol. The van der Waals surface area contributed by atoms with Gasteiger partial charge in [0.15, 0.2) is 0 Å². The van der Waals surface area contributed by atoms with Crippen LogP contribution in [-0.4, -0.2) is 64.7 Å². The van der Waals surface area contributed by atoms with E-state index in [4.69, 9.17) is 6.85 Å². The first kappa shape index (κ1) is 13.8. The van der Waals surface area contributed by atoms with Gasteiger partial charge in [0.05, 0.1) is 0 Å². The van der Waals surface area contributed by atoms with Crippen molar-refractivity contribution < 1.29 is 21.5 Å². The molecule has 152 valence electrons. The fourth-order valence-electron chi connectivity index (χ4n) is 5.52. The van der Waals surface area contributed by atoms with Gasteiger partial charge in [0.1, 0.15) is 0 Å². The Morgan fingerprint density at radius 2 is 2.00 bits per heavy atom. The lowest BCUT2D eigenvalue weighted by Crippen LogP contribution is -2.62. The molecule has 2 aliphatic heterocycles. The van der Waals surface area contributed by atoms with E-state index in [0.29, 0.717) is 51.7 Å². The summed E-state index contributed by atoms with van der Waals surface area (Å²) in [7, 11) is 0. The SMILES string of the molecule is [2H]C([2H])([2H])C1(NC(=O)C2CCN(C3C(CC)[C@@]4(CCN(C(=O)O)C4)C3([2H])[2H])CC2)CCC1. The fraction of sp³-hybridized carbons (Fsp3) is 0.905. The van der Waals surface area contributed by atoms with Crippen molar-refractivity contribution in [3.63, 3.8) is 0 Å². The van der Waals surface area contributed by atoms with E-state index >= 15 is 0 Å². The van der Waals surface area contributed by atoms with E-state index in [1.807, 2.05) is 6.92 Å². The van der Waals surface area contributed by atoms with Crippen LogP contribution in [0.1, 0.15) is 71.9 Å². The molecule has 2 unspecified atom stereocenters. The molecule has 1 spiro atoms. The number of carbonyl (C=O) groups excluding carboxylic acids is 1. The summed E-state index contributed by atoms with van der Waals surface area (Å²) >= 11 is 0. The molecule has 0 aromatic carbocycles. The number of rotatable bonds is 4. The molecule has 2 N–H and O–H groups in total.